The van der Waals surface area contributed by atoms with Gasteiger partial charge in [0.25, 0.3) is 5.91 Å². The van der Waals surface area contributed by atoms with Crippen LogP contribution >= 0.6 is 24.8 Å². The molecule has 3 N–H and O–H groups in total. The zero-order chi connectivity index (χ0) is 10.7. The molecule has 1 unspecified atom stereocenters. The molecule has 0 radical (unpaired) electrons. The molecule has 17 heavy (non-hydrogen) atoms. The van der Waals surface area contributed by atoms with Crippen LogP contribution in [0.4, 0.5) is 0 Å². The van der Waals surface area contributed by atoms with E-state index in [1.807, 2.05) is 0 Å². The van der Waals surface area contributed by atoms with Gasteiger partial charge in [0.05, 0.1) is 6.20 Å². The fourth-order valence-corrected chi connectivity index (χ4v) is 1.53. The SMILES string of the molecule is Cl.Cl.NCC(NC(=O)c1cnccn1)C1CC1. The molecular formula is C10H16Cl2N4O. The standard InChI is InChI=1S/C10H14N4O.2ClH/c11-5-8(7-1-2-7)14-10(15)9-6-12-3-4-13-9;;/h3-4,6-8H,1-2,5,11H2,(H,14,15);2*1H. The number of aromatic nitrogens is 2. The Morgan fingerprint density at radius 3 is 2.65 bits per heavy atom. The molecule has 0 aliphatic heterocycles. The molecule has 96 valence electrons. The minimum absolute atomic E-state index is 0. The highest BCUT2D eigenvalue weighted by molar-refractivity contribution is 5.92. The van der Waals surface area contributed by atoms with Crippen molar-refractivity contribution in [2.24, 2.45) is 11.7 Å². The number of nitrogens with two attached hydrogens (primary N) is 1. The molecule has 0 saturated heterocycles. The molecule has 5 nitrogen and oxygen atoms in total. The number of carbonyl (C=O) groups is 1. The van der Waals surface area contributed by atoms with Gasteiger partial charge in [-0.2, -0.15) is 0 Å². The predicted molar refractivity (Wildman–Crippen MR) is 69.6 cm³/mol. The highest BCUT2D eigenvalue weighted by Gasteiger charge is 2.31. The fourth-order valence-electron chi connectivity index (χ4n) is 1.53. The first kappa shape index (κ1) is 16.1. The number of carbonyl (C=O) groups excluding carboxylic acids is 1. The normalized spacial score (nSPS) is 15.1. The average Bonchev–Trinajstić information content (AvgIpc) is 3.10. The van der Waals surface area contributed by atoms with Gasteiger partial charge in [-0.05, 0) is 18.8 Å². The van der Waals surface area contributed by atoms with Gasteiger partial charge < -0.3 is 11.1 Å². The summed E-state index contributed by atoms with van der Waals surface area (Å²) in [6.45, 7) is 0.483. The second-order valence-corrected chi connectivity index (χ2v) is 3.74. The lowest BCUT2D eigenvalue weighted by molar-refractivity contribution is 0.0928. The molecule has 1 aliphatic rings. The van der Waals surface area contributed by atoms with E-state index in [-0.39, 0.29) is 36.8 Å². The number of halogens is 2. The number of amides is 1. The molecule has 1 amide bonds. The Balaban J connectivity index is 0.00000128. The molecule has 2 rings (SSSR count). The van der Waals surface area contributed by atoms with Crippen LogP contribution in [0.2, 0.25) is 0 Å². The summed E-state index contributed by atoms with van der Waals surface area (Å²) in [6.07, 6.45) is 6.81. The molecule has 1 heterocycles. The first-order valence-corrected chi connectivity index (χ1v) is 5.08. The van der Waals surface area contributed by atoms with Crippen LogP contribution in [-0.2, 0) is 0 Å². The van der Waals surface area contributed by atoms with Crippen LogP contribution in [0, 0.1) is 5.92 Å². The Kier molecular flexibility index (Phi) is 7.03. The topological polar surface area (TPSA) is 80.9 Å². The molecule has 1 aromatic heterocycles. The van der Waals surface area contributed by atoms with Gasteiger partial charge in [0, 0.05) is 25.0 Å². The number of nitrogens with one attached hydrogen (secondary N) is 1. The summed E-state index contributed by atoms with van der Waals surface area (Å²) in [5, 5.41) is 2.88. The Labute approximate surface area is 112 Å². The molecule has 1 aromatic rings. The minimum Gasteiger partial charge on any atom is -0.346 e. The average molecular weight is 279 g/mol. The first-order chi connectivity index (χ1) is 7.31. The Bertz CT molecular complexity index is 345. The number of rotatable bonds is 4. The van der Waals surface area contributed by atoms with Crippen molar-refractivity contribution >= 4 is 30.7 Å². The van der Waals surface area contributed by atoms with E-state index in [9.17, 15) is 4.79 Å². The summed E-state index contributed by atoms with van der Waals surface area (Å²) in [7, 11) is 0. The highest BCUT2D eigenvalue weighted by Crippen LogP contribution is 2.32. The maximum absolute atomic E-state index is 11.7. The minimum atomic E-state index is -0.189. The molecule has 0 spiro atoms. The zero-order valence-electron chi connectivity index (χ0n) is 9.20. The van der Waals surface area contributed by atoms with Crippen LogP contribution in [0.3, 0.4) is 0 Å². The van der Waals surface area contributed by atoms with Crippen molar-refractivity contribution in [3.8, 4) is 0 Å². The summed E-state index contributed by atoms with van der Waals surface area (Å²) in [4.78, 5) is 19.5. The van der Waals surface area contributed by atoms with E-state index < -0.39 is 0 Å². The van der Waals surface area contributed by atoms with E-state index in [2.05, 4.69) is 15.3 Å². The lowest BCUT2D eigenvalue weighted by atomic mass is 10.2. The summed E-state index contributed by atoms with van der Waals surface area (Å²) in [5.41, 5.74) is 5.93. The van der Waals surface area contributed by atoms with Crippen LogP contribution in [0.1, 0.15) is 23.3 Å². The van der Waals surface area contributed by atoms with Crippen molar-refractivity contribution < 1.29 is 4.79 Å². The summed E-state index contributed by atoms with van der Waals surface area (Å²) < 4.78 is 0. The maximum Gasteiger partial charge on any atom is 0.271 e. The van der Waals surface area contributed by atoms with Crippen LogP contribution in [0.25, 0.3) is 0 Å². The second-order valence-electron chi connectivity index (χ2n) is 3.74. The van der Waals surface area contributed by atoms with Crippen molar-refractivity contribution in [2.75, 3.05) is 6.54 Å². The van der Waals surface area contributed by atoms with Gasteiger partial charge in [-0.1, -0.05) is 0 Å². The summed E-state index contributed by atoms with van der Waals surface area (Å²) in [5.74, 6) is 0.362. The summed E-state index contributed by atoms with van der Waals surface area (Å²) >= 11 is 0. The lowest BCUT2D eigenvalue weighted by Gasteiger charge is -2.15. The molecule has 7 heteroatoms. The smallest absolute Gasteiger partial charge is 0.271 e. The molecule has 1 saturated carbocycles. The van der Waals surface area contributed by atoms with Gasteiger partial charge >= 0.3 is 0 Å². The molecule has 1 aliphatic carbocycles. The van der Waals surface area contributed by atoms with Crippen LogP contribution in [-0.4, -0.2) is 28.5 Å². The van der Waals surface area contributed by atoms with Crippen molar-refractivity contribution in [3.63, 3.8) is 0 Å². The van der Waals surface area contributed by atoms with E-state index in [1.54, 1.807) is 0 Å². The monoisotopic (exact) mass is 278 g/mol. The number of hydrogen-bond acceptors (Lipinski definition) is 4. The van der Waals surface area contributed by atoms with E-state index in [0.29, 0.717) is 18.2 Å². The van der Waals surface area contributed by atoms with Crippen LogP contribution in [0.15, 0.2) is 18.6 Å². The van der Waals surface area contributed by atoms with Crippen LogP contribution in [0.5, 0.6) is 0 Å². The first-order valence-electron chi connectivity index (χ1n) is 5.08. The molecule has 0 aromatic carbocycles. The van der Waals surface area contributed by atoms with Gasteiger partial charge in [-0.15, -0.1) is 24.8 Å². The van der Waals surface area contributed by atoms with Crippen molar-refractivity contribution in [1.29, 1.82) is 0 Å². The number of nitrogens with zero attached hydrogens (tertiary/aromatic N) is 2. The third-order valence-electron chi connectivity index (χ3n) is 2.56. The fraction of sp³-hybridized carbons (Fsp3) is 0.500. The van der Waals surface area contributed by atoms with Gasteiger partial charge in [0.15, 0.2) is 0 Å². The second kappa shape index (κ2) is 7.42. The van der Waals surface area contributed by atoms with Gasteiger partial charge in [0.2, 0.25) is 0 Å². The quantitative estimate of drug-likeness (QED) is 0.853. The van der Waals surface area contributed by atoms with E-state index in [4.69, 9.17) is 5.73 Å². The van der Waals surface area contributed by atoms with E-state index in [1.165, 1.54) is 18.6 Å². The van der Waals surface area contributed by atoms with E-state index in [0.717, 1.165) is 12.8 Å². The molecule has 1 atom stereocenters. The number of hydrogen-bond donors (Lipinski definition) is 2. The van der Waals surface area contributed by atoms with Gasteiger partial charge in [0.1, 0.15) is 5.69 Å². The highest BCUT2D eigenvalue weighted by atomic mass is 35.5. The van der Waals surface area contributed by atoms with Gasteiger partial charge in [-0.25, -0.2) is 4.98 Å². The van der Waals surface area contributed by atoms with Crippen molar-refractivity contribution in [2.45, 2.75) is 18.9 Å². The summed E-state index contributed by atoms with van der Waals surface area (Å²) in [6, 6.07) is 0.0829. The lowest BCUT2D eigenvalue weighted by Crippen LogP contribution is -2.42. The van der Waals surface area contributed by atoms with Crippen molar-refractivity contribution in [3.05, 3.63) is 24.3 Å². The Morgan fingerprint density at radius 2 is 2.18 bits per heavy atom. The molecular weight excluding hydrogens is 263 g/mol. The third kappa shape index (κ3) is 4.46. The van der Waals surface area contributed by atoms with Crippen molar-refractivity contribution in [1.82, 2.24) is 15.3 Å². The zero-order valence-corrected chi connectivity index (χ0v) is 10.8. The molecule has 1 fully saturated rings. The largest absolute Gasteiger partial charge is 0.346 e. The van der Waals surface area contributed by atoms with Gasteiger partial charge in [-0.3, -0.25) is 9.78 Å². The van der Waals surface area contributed by atoms with E-state index >= 15 is 0 Å². The van der Waals surface area contributed by atoms with Crippen LogP contribution < -0.4 is 11.1 Å². The Hall–Kier alpha value is -0.910. The maximum atomic E-state index is 11.7. The Morgan fingerprint density at radius 1 is 1.47 bits per heavy atom. The third-order valence-corrected chi connectivity index (χ3v) is 2.56. The predicted octanol–water partition coefficient (Wildman–Crippen LogP) is 0.787. The molecule has 0 bridgehead atoms.